The Labute approximate surface area is 107 Å². The summed E-state index contributed by atoms with van der Waals surface area (Å²) in [6.07, 6.45) is 0. The topological polar surface area (TPSA) is 66.9 Å². The van der Waals surface area contributed by atoms with E-state index in [9.17, 15) is 0 Å². The molecule has 1 radical (unpaired) electrons. The van der Waals surface area contributed by atoms with Crippen LogP contribution in [0.2, 0.25) is 0 Å². The fourth-order valence-electron chi connectivity index (χ4n) is 0. The van der Waals surface area contributed by atoms with Crippen LogP contribution in [0.3, 0.4) is 0 Å². The molecule has 0 aliphatic carbocycles. The maximum Gasteiger partial charge on any atom is 3.00 e. The predicted molar refractivity (Wildman–Crippen MR) is 47.9 cm³/mol. The van der Waals surface area contributed by atoms with E-state index in [2.05, 4.69) is 36.7 Å². The summed E-state index contributed by atoms with van der Waals surface area (Å²) in [5.74, 6) is 0. The van der Waals surface area contributed by atoms with E-state index in [4.69, 9.17) is 16.2 Å². The SMILES string of the molecule is [Gd+3].[N-]=C=S.[N-]=C=S.[N-]=C=S. The van der Waals surface area contributed by atoms with Crippen molar-refractivity contribution in [1.29, 1.82) is 0 Å². The van der Waals surface area contributed by atoms with Crippen molar-refractivity contribution in [3.05, 3.63) is 16.2 Å². The molecule has 0 saturated heterocycles. The average Bonchev–Trinajstić information content (AvgIpc) is 1.70. The van der Waals surface area contributed by atoms with Crippen LogP contribution in [0.1, 0.15) is 0 Å². The van der Waals surface area contributed by atoms with Crippen molar-refractivity contribution in [3.8, 4) is 0 Å². The summed E-state index contributed by atoms with van der Waals surface area (Å²) in [6.45, 7) is 0. The number of nitrogens with zero attached hydrogens (tertiary/aromatic N) is 3. The van der Waals surface area contributed by atoms with E-state index in [1.807, 2.05) is 0 Å². The fourth-order valence-corrected chi connectivity index (χ4v) is 0. The molecule has 0 rings (SSSR count). The summed E-state index contributed by atoms with van der Waals surface area (Å²) >= 11 is 11.1. The van der Waals surface area contributed by atoms with Crippen LogP contribution in [0.4, 0.5) is 0 Å². The fraction of sp³-hybridized carbons (Fsp3) is 0. The van der Waals surface area contributed by atoms with E-state index in [0.29, 0.717) is 0 Å². The Morgan fingerprint density at radius 1 is 0.700 bits per heavy atom. The van der Waals surface area contributed by atoms with Crippen molar-refractivity contribution >= 4 is 52.1 Å². The molecule has 0 aromatic heterocycles. The van der Waals surface area contributed by atoms with Gasteiger partial charge in [-0.1, -0.05) is 36.7 Å². The molecule has 3 nitrogen and oxygen atoms in total. The molecule has 0 atom stereocenters. The minimum Gasteiger partial charge on any atom is -0.753 e. The molecule has 0 spiro atoms. The van der Waals surface area contributed by atoms with E-state index in [1.165, 1.54) is 15.5 Å². The van der Waals surface area contributed by atoms with Gasteiger partial charge in [-0.05, 0) is 0 Å². The van der Waals surface area contributed by atoms with Gasteiger partial charge in [0.2, 0.25) is 0 Å². The Kier molecular flexibility index (Phi) is 120. The molecule has 0 aliphatic rings. The molecule has 0 bridgehead atoms. The summed E-state index contributed by atoms with van der Waals surface area (Å²) in [5, 5.41) is 25.4. The van der Waals surface area contributed by atoms with Gasteiger partial charge in [0.1, 0.15) is 0 Å². The first kappa shape index (κ1) is 22.4. The first-order chi connectivity index (χ1) is 4.24. The molecule has 0 aromatic carbocycles. The molecule has 0 unspecified atom stereocenters. The number of hydrogen-bond donors (Lipinski definition) is 0. The van der Waals surface area contributed by atoms with E-state index in [0.717, 1.165) is 0 Å². The van der Waals surface area contributed by atoms with Crippen LogP contribution in [0.15, 0.2) is 0 Å². The van der Waals surface area contributed by atoms with Gasteiger partial charge in [-0.15, -0.1) is 0 Å². The van der Waals surface area contributed by atoms with Gasteiger partial charge in [0.25, 0.3) is 0 Å². The predicted octanol–water partition coefficient (Wildman–Crippen LogP) is 1.98. The summed E-state index contributed by atoms with van der Waals surface area (Å²) in [5.41, 5.74) is 0. The van der Waals surface area contributed by atoms with Crippen molar-refractivity contribution in [2.75, 3.05) is 0 Å². The summed E-state index contributed by atoms with van der Waals surface area (Å²) in [4.78, 5) is 0. The van der Waals surface area contributed by atoms with E-state index >= 15 is 0 Å². The van der Waals surface area contributed by atoms with Gasteiger partial charge in [0.15, 0.2) is 0 Å². The molecular weight excluding hydrogens is 332 g/mol. The second-order valence-corrected chi connectivity index (χ2v) is 0.822. The van der Waals surface area contributed by atoms with Gasteiger partial charge >= 0.3 is 39.9 Å². The molecule has 0 aliphatic heterocycles. The van der Waals surface area contributed by atoms with Crippen LogP contribution >= 0.6 is 36.7 Å². The molecule has 0 N–H and O–H groups in total. The zero-order valence-corrected chi connectivity index (χ0v) is 9.14. The van der Waals surface area contributed by atoms with Gasteiger partial charge in [0.05, 0.1) is 0 Å². The zero-order chi connectivity index (χ0) is 8.12. The third-order valence-corrected chi connectivity index (χ3v) is 0. The van der Waals surface area contributed by atoms with E-state index < -0.39 is 0 Å². The first-order valence-electron chi connectivity index (χ1n) is 1.28. The molecule has 0 amide bonds. The maximum absolute atomic E-state index is 7.13. The molecule has 53 valence electrons. The van der Waals surface area contributed by atoms with Gasteiger partial charge in [-0.3, -0.25) is 0 Å². The second kappa shape index (κ2) is 53.4. The summed E-state index contributed by atoms with van der Waals surface area (Å²) in [6, 6.07) is 0. The summed E-state index contributed by atoms with van der Waals surface area (Å²) < 4.78 is 0. The normalized spacial score (nSPS) is 2.40. The number of isothiocyanates is 3. The zero-order valence-electron chi connectivity index (χ0n) is 4.42. The first-order valence-corrected chi connectivity index (χ1v) is 2.51. The van der Waals surface area contributed by atoms with Crippen LogP contribution in [-0.2, 0) is 0 Å². The van der Waals surface area contributed by atoms with E-state index in [1.54, 1.807) is 0 Å². The van der Waals surface area contributed by atoms with Gasteiger partial charge < -0.3 is 16.2 Å². The van der Waals surface area contributed by atoms with Crippen molar-refractivity contribution in [3.63, 3.8) is 0 Å². The smallest absolute Gasteiger partial charge is 0.753 e. The molecule has 0 saturated carbocycles. The molecule has 0 heterocycles. The molecule has 10 heavy (non-hydrogen) atoms. The van der Waals surface area contributed by atoms with Crippen LogP contribution in [0.5, 0.6) is 0 Å². The standard InChI is InChI=1S/3CNS.Gd/c3*2-1-3;/q3*-1;+3. The van der Waals surface area contributed by atoms with Crippen molar-refractivity contribution in [2.24, 2.45) is 0 Å². The Hall–Kier alpha value is 0.725. The largest absolute Gasteiger partial charge is 3.00 e. The summed E-state index contributed by atoms with van der Waals surface area (Å²) in [7, 11) is 0. The maximum atomic E-state index is 7.13. The van der Waals surface area contributed by atoms with Crippen LogP contribution in [-0.4, -0.2) is 15.5 Å². The van der Waals surface area contributed by atoms with Crippen molar-refractivity contribution < 1.29 is 39.9 Å². The minimum absolute atomic E-state index is 0. The average molecular weight is 332 g/mol. The van der Waals surface area contributed by atoms with Crippen LogP contribution < -0.4 is 0 Å². The number of thiocarbonyl (C=S) groups is 3. The minimum atomic E-state index is 0. The van der Waals surface area contributed by atoms with Crippen molar-refractivity contribution in [2.45, 2.75) is 0 Å². The Morgan fingerprint density at radius 2 is 0.700 bits per heavy atom. The monoisotopic (exact) mass is 332 g/mol. The quantitative estimate of drug-likeness (QED) is 0.503. The van der Waals surface area contributed by atoms with Gasteiger partial charge in [-0.25, -0.2) is 0 Å². The third kappa shape index (κ3) is 991. The third-order valence-electron chi connectivity index (χ3n) is 0. The molecule has 0 aromatic rings. The molecular formula is C3GdN3S3. The van der Waals surface area contributed by atoms with Crippen molar-refractivity contribution in [1.82, 2.24) is 0 Å². The number of hydrogen-bond acceptors (Lipinski definition) is 3. The Balaban J connectivity index is -0.0000000257. The van der Waals surface area contributed by atoms with Crippen LogP contribution in [0.25, 0.3) is 16.2 Å². The number of rotatable bonds is 0. The van der Waals surface area contributed by atoms with E-state index in [-0.39, 0.29) is 39.9 Å². The molecule has 0 fully saturated rings. The van der Waals surface area contributed by atoms with Gasteiger partial charge in [-0.2, -0.15) is 15.5 Å². The van der Waals surface area contributed by atoms with Gasteiger partial charge in [0, 0.05) is 0 Å². The molecule has 7 heteroatoms. The Morgan fingerprint density at radius 3 is 0.700 bits per heavy atom. The Bertz CT molecular complexity index is 111. The second-order valence-electron chi connectivity index (χ2n) is 0.274. The van der Waals surface area contributed by atoms with Crippen LogP contribution in [0, 0.1) is 39.9 Å².